The predicted molar refractivity (Wildman–Crippen MR) is 85.4 cm³/mol. The first-order chi connectivity index (χ1) is 10.2. The van der Waals surface area contributed by atoms with Crippen LogP contribution in [0.1, 0.15) is 46.1 Å². The lowest BCUT2D eigenvalue weighted by atomic mass is 9.89. The van der Waals surface area contributed by atoms with Gasteiger partial charge in [-0.05, 0) is 52.2 Å². The van der Waals surface area contributed by atoms with Crippen LogP contribution in [0.3, 0.4) is 0 Å². The molecule has 0 heterocycles. The third-order valence-electron chi connectivity index (χ3n) is 3.99. The Morgan fingerprint density at radius 3 is 2.45 bits per heavy atom. The maximum atomic E-state index is 12.1. The van der Waals surface area contributed by atoms with Crippen LogP contribution in [0, 0.1) is 0 Å². The van der Waals surface area contributed by atoms with Gasteiger partial charge in [-0.15, -0.1) is 0 Å². The molecule has 1 unspecified atom stereocenters. The van der Waals surface area contributed by atoms with Gasteiger partial charge < -0.3 is 14.6 Å². The first-order valence-corrected chi connectivity index (χ1v) is 7.54. The van der Waals surface area contributed by atoms with E-state index >= 15 is 0 Å². The van der Waals surface area contributed by atoms with Gasteiger partial charge in [-0.2, -0.15) is 0 Å². The quantitative estimate of drug-likeness (QED) is 0.894. The monoisotopic (exact) mass is 307 g/mol. The van der Waals surface area contributed by atoms with Gasteiger partial charge >= 0.3 is 6.09 Å². The van der Waals surface area contributed by atoms with Crippen molar-refractivity contribution in [2.75, 3.05) is 12.4 Å². The highest BCUT2D eigenvalue weighted by molar-refractivity contribution is 5.87. The van der Waals surface area contributed by atoms with Gasteiger partial charge in [-0.1, -0.05) is 6.07 Å². The van der Waals surface area contributed by atoms with E-state index in [0.29, 0.717) is 11.4 Å². The van der Waals surface area contributed by atoms with Gasteiger partial charge in [0.1, 0.15) is 11.4 Å². The maximum Gasteiger partial charge on any atom is 0.412 e. The minimum Gasteiger partial charge on any atom is -0.497 e. The van der Waals surface area contributed by atoms with Crippen LogP contribution in [0.5, 0.6) is 5.75 Å². The highest BCUT2D eigenvalue weighted by Gasteiger charge is 2.49. The Kier molecular flexibility index (Phi) is 4.38. The Morgan fingerprint density at radius 2 is 2.00 bits per heavy atom. The molecule has 0 aliphatic heterocycles. The summed E-state index contributed by atoms with van der Waals surface area (Å²) in [5, 5.41) is 12.9. The van der Waals surface area contributed by atoms with Crippen LogP contribution < -0.4 is 10.1 Å². The highest BCUT2D eigenvalue weighted by Crippen LogP contribution is 2.53. The predicted octanol–water partition coefficient (Wildman–Crippen LogP) is 3.45. The molecule has 2 N–H and O–H groups in total. The van der Waals surface area contributed by atoms with Crippen molar-refractivity contribution in [2.45, 2.75) is 57.7 Å². The van der Waals surface area contributed by atoms with Crippen LogP contribution in [0.25, 0.3) is 0 Å². The van der Waals surface area contributed by atoms with Gasteiger partial charge in [0.2, 0.25) is 0 Å². The topological polar surface area (TPSA) is 67.8 Å². The standard InChI is InChI=1S/C17H25NO4/c1-11(19)17(8-9-17)13-7-6-12(21-5)10-14(13)18-15(20)22-16(2,3)4/h6-7,10-11,19H,8-9H2,1-5H3,(H,18,20). The van der Waals surface area contributed by atoms with Crippen molar-refractivity contribution >= 4 is 11.8 Å². The molecule has 0 bridgehead atoms. The Hall–Kier alpha value is -1.75. The molecule has 1 amide bonds. The van der Waals surface area contributed by atoms with Gasteiger partial charge in [-0.3, -0.25) is 5.32 Å². The average molecular weight is 307 g/mol. The number of methoxy groups -OCH3 is 1. The molecule has 1 aromatic rings. The second kappa shape index (κ2) is 5.80. The Balaban J connectivity index is 2.30. The summed E-state index contributed by atoms with van der Waals surface area (Å²) in [4.78, 5) is 12.1. The number of hydrogen-bond donors (Lipinski definition) is 2. The molecule has 1 atom stereocenters. The van der Waals surface area contributed by atoms with Crippen LogP contribution in [-0.4, -0.2) is 30.0 Å². The van der Waals surface area contributed by atoms with E-state index in [-0.39, 0.29) is 5.41 Å². The average Bonchev–Trinajstić information content (AvgIpc) is 3.17. The van der Waals surface area contributed by atoms with E-state index in [1.165, 1.54) is 0 Å². The highest BCUT2D eigenvalue weighted by atomic mass is 16.6. The fourth-order valence-corrected chi connectivity index (χ4v) is 2.65. The van der Waals surface area contributed by atoms with Crippen LogP contribution in [0.15, 0.2) is 18.2 Å². The molecule has 22 heavy (non-hydrogen) atoms. The number of amides is 1. The summed E-state index contributed by atoms with van der Waals surface area (Å²) in [6.07, 6.45) is 0.823. The summed E-state index contributed by atoms with van der Waals surface area (Å²) in [5.74, 6) is 0.649. The lowest BCUT2D eigenvalue weighted by Crippen LogP contribution is -2.29. The normalized spacial score (nSPS) is 17.5. The van der Waals surface area contributed by atoms with Crippen molar-refractivity contribution in [3.05, 3.63) is 23.8 Å². The Morgan fingerprint density at radius 1 is 1.36 bits per heavy atom. The SMILES string of the molecule is COc1ccc(C2(C(C)O)CC2)c(NC(=O)OC(C)(C)C)c1. The largest absolute Gasteiger partial charge is 0.497 e. The van der Waals surface area contributed by atoms with Crippen molar-refractivity contribution in [2.24, 2.45) is 0 Å². The zero-order chi connectivity index (χ0) is 16.5. The van der Waals surface area contributed by atoms with Crippen molar-refractivity contribution in [1.82, 2.24) is 0 Å². The summed E-state index contributed by atoms with van der Waals surface area (Å²) >= 11 is 0. The van der Waals surface area contributed by atoms with Crippen molar-refractivity contribution in [3.63, 3.8) is 0 Å². The third kappa shape index (κ3) is 3.53. The molecule has 5 nitrogen and oxygen atoms in total. The van der Waals surface area contributed by atoms with Crippen LogP contribution in [0.2, 0.25) is 0 Å². The summed E-state index contributed by atoms with van der Waals surface area (Å²) in [7, 11) is 1.58. The van der Waals surface area contributed by atoms with Crippen LogP contribution in [-0.2, 0) is 10.2 Å². The minimum atomic E-state index is -0.565. The van der Waals surface area contributed by atoms with E-state index in [0.717, 1.165) is 18.4 Å². The lowest BCUT2D eigenvalue weighted by molar-refractivity contribution is 0.0635. The molecule has 0 saturated heterocycles. The Bertz CT molecular complexity index is 556. The number of benzene rings is 1. The summed E-state index contributed by atoms with van der Waals surface area (Å²) in [5.41, 5.74) is 0.711. The van der Waals surface area contributed by atoms with Gasteiger partial charge in [0.05, 0.1) is 18.9 Å². The number of carbonyl (C=O) groups excluding carboxylic acids is 1. The number of rotatable bonds is 4. The number of carbonyl (C=O) groups is 1. The second-order valence-electron chi connectivity index (χ2n) is 6.87. The molecule has 1 aliphatic rings. The molecular formula is C17H25NO4. The van der Waals surface area contributed by atoms with Gasteiger partial charge in [0, 0.05) is 11.5 Å². The van der Waals surface area contributed by atoms with E-state index in [2.05, 4.69) is 5.32 Å². The zero-order valence-corrected chi connectivity index (χ0v) is 13.9. The Labute approximate surface area is 131 Å². The van der Waals surface area contributed by atoms with E-state index < -0.39 is 17.8 Å². The molecule has 0 spiro atoms. The molecule has 5 heteroatoms. The molecule has 0 radical (unpaired) electrons. The van der Waals surface area contributed by atoms with Gasteiger partial charge in [0.25, 0.3) is 0 Å². The smallest absolute Gasteiger partial charge is 0.412 e. The minimum absolute atomic E-state index is 0.281. The third-order valence-corrected chi connectivity index (χ3v) is 3.99. The number of hydrogen-bond acceptors (Lipinski definition) is 4. The lowest BCUT2D eigenvalue weighted by Gasteiger charge is -2.24. The second-order valence-corrected chi connectivity index (χ2v) is 6.87. The zero-order valence-electron chi connectivity index (χ0n) is 13.9. The van der Waals surface area contributed by atoms with E-state index in [1.807, 2.05) is 32.9 Å². The number of aliphatic hydroxyl groups is 1. The van der Waals surface area contributed by atoms with E-state index in [9.17, 15) is 9.90 Å². The van der Waals surface area contributed by atoms with Gasteiger partial charge in [0.15, 0.2) is 0 Å². The van der Waals surface area contributed by atoms with Crippen molar-refractivity contribution < 1.29 is 19.4 Å². The summed E-state index contributed by atoms with van der Waals surface area (Å²) in [6, 6.07) is 5.52. The fourth-order valence-electron chi connectivity index (χ4n) is 2.65. The molecule has 1 aromatic carbocycles. The molecule has 0 aromatic heterocycles. The number of aliphatic hydroxyl groups excluding tert-OH is 1. The molecule has 1 saturated carbocycles. The fraction of sp³-hybridized carbons (Fsp3) is 0.588. The molecule has 1 aliphatic carbocycles. The summed E-state index contributed by atoms with van der Waals surface area (Å²) < 4.78 is 10.5. The maximum absolute atomic E-state index is 12.1. The molecule has 122 valence electrons. The van der Waals surface area contributed by atoms with E-state index in [4.69, 9.17) is 9.47 Å². The van der Waals surface area contributed by atoms with E-state index in [1.54, 1.807) is 20.1 Å². The van der Waals surface area contributed by atoms with Crippen LogP contribution in [0.4, 0.5) is 10.5 Å². The van der Waals surface area contributed by atoms with Crippen molar-refractivity contribution in [1.29, 1.82) is 0 Å². The first-order valence-electron chi connectivity index (χ1n) is 7.54. The first kappa shape index (κ1) is 16.6. The van der Waals surface area contributed by atoms with Crippen LogP contribution >= 0.6 is 0 Å². The number of nitrogens with one attached hydrogen (secondary N) is 1. The van der Waals surface area contributed by atoms with Crippen molar-refractivity contribution in [3.8, 4) is 5.75 Å². The summed E-state index contributed by atoms with van der Waals surface area (Å²) in [6.45, 7) is 7.24. The molecule has 1 fully saturated rings. The van der Waals surface area contributed by atoms with Gasteiger partial charge in [-0.25, -0.2) is 4.79 Å². The number of ether oxygens (including phenoxy) is 2. The molecule has 2 rings (SSSR count). The number of anilines is 1. The molecular weight excluding hydrogens is 282 g/mol.